The second-order valence-corrected chi connectivity index (χ2v) is 5.77. The number of halogens is 1. The zero-order valence-corrected chi connectivity index (χ0v) is 12.6. The van der Waals surface area contributed by atoms with E-state index in [1.807, 2.05) is 18.2 Å². The Hall–Kier alpha value is -1.46. The predicted octanol–water partition coefficient (Wildman–Crippen LogP) is 3.28. The molecular weight excluding hydrogens is 294 g/mol. The molecule has 1 aromatic carbocycles. The summed E-state index contributed by atoms with van der Waals surface area (Å²) >= 11 is 6.93. The topological polar surface area (TPSA) is 54.9 Å². The van der Waals surface area contributed by atoms with Gasteiger partial charge < -0.3 is 5.32 Å². The molecular formula is C14H16ClN3OS. The highest BCUT2D eigenvalue weighted by atomic mass is 35.5. The van der Waals surface area contributed by atoms with Crippen LogP contribution in [0, 0.1) is 0 Å². The molecule has 0 bridgehead atoms. The molecule has 0 saturated heterocycles. The largest absolute Gasteiger partial charge is 0.300 e. The first-order chi connectivity index (χ1) is 9.78. The third-order valence-electron chi connectivity index (χ3n) is 2.73. The van der Waals surface area contributed by atoms with E-state index in [1.54, 1.807) is 0 Å². The zero-order valence-electron chi connectivity index (χ0n) is 11.0. The number of alkyl halides is 1. The lowest BCUT2D eigenvalue weighted by Gasteiger charge is -1.98. The number of nitrogens with zero attached hydrogens (tertiary/aromatic N) is 2. The molecule has 1 amide bonds. The van der Waals surface area contributed by atoms with Crippen molar-refractivity contribution >= 4 is 34.0 Å². The summed E-state index contributed by atoms with van der Waals surface area (Å²) in [5.74, 6) is 0.196. The van der Waals surface area contributed by atoms with E-state index < -0.39 is 0 Å². The summed E-state index contributed by atoms with van der Waals surface area (Å²) in [7, 11) is 0. The van der Waals surface area contributed by atoms with Gasteiger partial charge >= 0.3 is 0 Å². The molecule has 0 unspecified atom stereocenters. The van der Waals surface area contributed by atoms with Crippen molar-refractivity contribution in [3.05, 3.63) is 40.9 Å². The van der Waals surface area contributed by atoms with E-state index in [4.69, 9.17) is 11.6 Å². The number of carbonyl (C=O) groups is 1. The maximum Gasteiger partial charge on any atom is 0.227 e. The van der Waals surface area contributed by atoms with Crippen molar-refractivity contribution in [2.45, 2.75) is 25.7 Å². The van der Waals surface area contributed by atoms with Gasteiger partial charge in [0.15, 0.2) is 0 Å². The smallest absolute Gasteiger partial charge is 0.227 e. The van der Waals surface area contributed by atoms with Crippen molar-refractivity contribution in [1.82, 2.24) is 10.2 Å². The highest BCUT2D eigenvalue weighted by Gasteiger charge is 2.07. The number of benzene rings is 1. The van der Waals surface area contributed by atoms with Crippen LogP contribution in [-0.2, 0) is 17.6 Å². The molecule has 106 valence electrons. The molecule has 0 aliphatic rings. The quantitative estimate of drug-likeness (QED) is 0.799. The molecule has 0 aliphatic carbocycles. The minimum atomic E-state index is -0.119. The van der Waals surface area contributed by atoms with Crippen LogP contribution >= 0.6 is 22.9 Å². The molecule has 0 aliphatic heterocycles. The summed E-state index contributed by atoms with van der Waals surface area (Å²) in [6.07, 6.45) is 3.21. The number of aryl methyl sites for hydroxylation is 2. The summed E-state index contributed by atoms with van der Waals surface area (Å²) in [5, 5.41) is 12.2. The van der Waals surface area contributed by atoms with Crippen LogP contribution in [0.4, 0.5) is 5.13 Å². The van der Waals surface area contributed by atoms with Gasteiger partial charge in [0.1, 0.15) is 5.01 Å². The van der Waals surface area contributed by atoms with Gasteiger partial charge in [0.2, 0.25) is 11.0 Å². The van der Waals surface area contributed by atoms with Crippen molar-refractivity contribution in [2.24, 2.45) is 0 Å². The first kappa shape index (κ1) is 14.9. The number of aromatic nitrogens is 2. The predicted molar refractivity (Wildman–Crippen MR) is 82.3 cm³/mol. The van der Waals surface area contributed by atoms with Crippen LogP contribution in [0.25, 0.3) is 0 Å². The Balaban J connectivity index is 1.77. The highest BCUT2D eigenvalue weighted by molar-refractivity contribution is 7.15. The van der Waals surface area contributed by atoms with Crippen molar-refractivity contribution in [3.63, 3.8) is 0 Å². The van der Waals surface area contributed by atoms with Crippen LogP contribution in [0.5, 0.6) is 0 Å². The van der Waals surface area contributed by atoms with Crippen molar-refractivity contribution in [3.8, 4) is 0 Å². The summed E-state index contributed by atoms with van der Waals surface area (Å²) < 4.78 is 0. The number of nitrogens with one attached hydrogen (secondary N) is 1. The van der Waals surface area contributed by atoms with Gasteiger partial charge in [-0.3, -0.25) is 4.79 Å². The number of rotatable bonds is 7. The Morgan fingerprint density at radius 3 is 2.75 bits per heavy atom. The van der Waals surface area contributed by atoms with E-state index in [1.165, 1.54) is 16.9 Å². The van der Waals surface area contributed by atoms with Gasteiger partial charge in [0.05, 0.1) is 0 Å². The Kier molecular flexibility index (Phi) is 5.95. The van der Waals surface area contributed by atoms with Crippen LogP contribution in [0.1, 0.15) is 23.4 Å². The number of hydrogen-bond donors (Lipinski definition) is 1. The Bertz CT molecular complexity index is 544. The monoisotopic (exact) mass is 309 g/mol. The average Bonchev–Trinajstić information content (AvgIpc) is 2.88. The number of hydrogen-bond acceptors (Lipinski definition) is 4. The molecule has 4 nitrogen and oxygen atoms in total. The van der Waals surface area contributed by atoms with Gasteiger partial charge in [0.25, 0.3) is 0 Å². The average molecular weight is 310 g/mol. The minimum absolute atomic E-state index is 0.119. The Morgan fingerprint density at radius 2 is 2.00 bits per heavy atom. The maximum absolute atomic E-state index is 11.4. The lowest BCUT2D eigenvalue weighted by Crippen LogP contribution is -2.11. The second-order valence-electron chi connectivity index (χ2n) is 4.33. The lowest BCUT2D eigenvalue weighted by atomic mass is 10.1. The van der Waals surface area contributed by atoms with Crippen LogP contribution in [0.3, 0.4) is 0 Å². The zero-order chi connectivity index (χ0) is 14.2. The van der Waals surface area contributed by atoms with E-state index in [-0.39, 0.29) is 5.91 Å². The van der Waals surface area contributed by atoms with Crippen molar-refractivity contribution in [2.75, 3.05) is 11.2 Å². The highest BCUT2D eigenvalue weighted by Crippen LogP contribution is 2.17. The molecule has 0 radical (unpaired) electrons. The fraction of sp³-hybridized carbons (Fsp3) is 0.357. The second kappa shape index (κ2) is 7.97. The summed E-state index contributed by atoms with van der Waals surface area (Å²) in [6, 6.07) is 10.4. The third-order valence-corrected chi connectivity index (χ3v) is 3.82. The van der Waals surface area contributed by atoms with E-state index in [0.717, 1.165) is 24.3 Å². The van der Waals surface area contributed by atoms with E-state index in [9.17, 15) is 4.79 Å². The maximum atomic E-state index is 11.4. The van der Waals surface area contributed by atoms with E-state index in [0.29, 0.717) is 17.4 Å². The normalized spacial score (nSPS) is 10.4. The third kappa shape index (κ3) is 4.90. The molecule has 0 spiro atoms. The molecule has 1 heterocycles. The summed E-state index contributed by atoms with van der Waals surface area (Å²) in [5.41, 5.74) is 1.33. The SMILES string of the molecule is O=C(CCCl)Nc1nnc(CCCc2ccccc2)s1. The van der Waals surface area contributed by atoms with Crippen molar-refractivity contribution in [1.29, 1.82) is 0 Å². The van der Waals surface area contributed by atoms with Gasteiger partial charge in [-0.25, -0.2) is 0 Å². The molecule has 6 heteroatoms. The van der Waals surface area contributed by atoms with E-state index in [2.05, 4.69) is 27.6 Å². The molecule has 1 aromatic heterocycles. The molecule has 0 atom stereocenters. The lowest BCUT2D eigenvalue weighted by molar-refractivity contribution is -0.115. The van der Waals surface area contributed by atoms with Gasteiger partial charge in [-0.2, -0.15) is 0 Å². The summed E-state index contributed by atoms with van der Waals surface area (Å²) in [6.45, 7) is 0. The number of anilines is 1. The molecule has 20 heavy (non-hydrogen) atoms. The first-order valence-electron chi connectivity index (χ1n) is 6.50. The van der Waals surface area contributed by atoms with Gasteiger partial charge in [-0.05, 0) is 18.4 Å². The minimum Gasteiger partial charge on any atom is -0.300 e. The fourth-order valence-corrected chi connectivity index (χ4v) is 2.73. The van der Waals surface area contributed by atoms with E-state index >= 15 is 0 Å². The van der Waals surface area contributed by atoms with Gasteiger partial charge in [-0.1, -0.05) is 41.7 Å². The fourth-order valence-electron chi connectivity index (χ4n) is 1.76. The van der Waals surface area contributed by atoms with Crippen LogP contribution in [0.15, 0.2) is 30.3 Å². The van der Waals surface area contributed by atoms with Crippen LogP contribution in [0.2, 0.25) is 0 Å². The summed E-state index contributed by atoms with van der Waals surface area (Å²) in [4.78, 5) is 11.4. The molecule has 2 rings (SSSR count). The van der Waals surface area contributed by atoms with Crippen LogP contribution in [-0.4, -0.2) is 22.0 Å². The Morgan fingerprint density at radius 1 is 1.20 bits per heavy atom. The van der Waals surface area contributed by atoms with Crippen LogP contribution < -0.4 is 5.32 Å². The van der Waals surface area contributed by atoms with Gasteiger partial charge in [0, 0.05) is 18.7 Å². The molecule has 2 aromatic rings. The molecule has 0 fully saturated rings. The first-order valence-corrected chi connectivity index (χ1v) is 7.85. The number of amides is 1. The number of carbonyl (C=O) groups excluding carboxylic acids is 1. The van der Waals surface area contributed by atoms with Gasteiger partial charge in [-0.15, -0.1) is 21.8 Å². The molecule has 1 N–H and O–H groups in total. The Labute approximate surface area is 127 Å². The van der Waals surface area contributed by atoms with Crippen molar-refractivity contribution < 1.29 is 4.79 Å². The standard InChI is InChI=1S/C14H16ClN3OS/c15-10-9-12(19)16-14-18-17-13(20-14)8-4-7-11-5-2-1-3-6-11/h1-3,5-6H,4,7-10H2,(H,16,18,19). The molecule has 0 saturated carbocycles.